The van der Waals surface area contributed by atoms with Crippen molar-refractivity contribution < 1.29 is 0 Å². The second-order valence-electron chi connectivity index (χ2n) is 4.07. The van der Waals surface area contributed by atoms with Gasteiger partial charge in [-0.2, -0.15) is 37.9 Å². The van der Waals surface area contributed by atoms with Crippen LogP contribution in [0.3, 0.4) is 0 Å². The second kappa shape index (κ2) is 7.36. The van der Waals surface area contributed by atoms with Crippen LogP contribution in [0, 0.1) is 11.8 Å². The summed E-state index contributed by atoms with van der Waals surface area (Å²) in [6.07, 6.45) is 2.37. The molecule has 0 bridgehead atoms. The fourth-order valence-corrected chi connectivity index (χ4v) is 2.27. The molecule has 0 aromatic carbocycles. The van der Waals surface area contributed by atoms with E-state index in [1.807, 2.05) is 0 Å². The van der Waals surface area contributed by atoms with Crippen LogP contribution < -0.4 is 0 Å². The molecule has 0 aromatic rings. The molecule has 80 valence electrons. The minimum absolute atomic E-state index is 0.449. The van der Waals surface area contributed by atoms with Crippen molar-refractivity contribution in [3.05, 3.63) is 0 Å². The number of thiol groups is 3. The zero-order chi connectivity index (χ0) is 10.4. The van der Waals surface area contributed by atoms with Crippen molar-refractivity contribution in [3.8, 4) is 0 Å². The van der Waals surface area contributed by atoms with Gasteiger partial charge in [0.25, 0.3) is 0 Å². The molecule has 0 amide bonds. The summed E-state index contributed by atoms with van der Waals surface area (Å²) < 4.78 is 0. The van der Waals surface area contributed by atoms with Gasteiger partial charge in [-0.3, -0.25) is 0 Å². The zero-order valence-electron chi connectivity index (χ0n) is 8.77. The minimum atomic E-state index is 0.449. The van der Waals surface area contributed by atoms with Gasteiger partial charge in [0.1, 0.15) is 0 Å². The van der Waals surface area contributed by atoms with E-state index in [0.29, 0.717) is 22.3 Å². The zero-order valence-corrected chi connectivity index (χ0v) is 11.5. The van der Waals surface area contributed by atoms with E-state index in [0.717, 1.165) is 5.75 Å². The molecule has 0 heterocycles. The molecule has 0 aromatic heterocycles. The summed E-state index contributed by atoms with van der Waals surface area (Å²) in [7, 11) is 0. The minimum Gasteiger partial charge on any atom is -0.179 e. The Labute approximate surface area is 99.5 Å². The SMILES string of the molecule is CC(C)C(S)CCC(CS)C(C)S. The molecule has 0 spiro atoms. The first kappa shape index (κ1) is 14.1. The summed E-state index contributed by atoms with van der Waals surface area (Å²) in [5.74, 6) is 2.22. The molecular formula is C10H22S3. The van der Waals surface area contributed by atoms with Gasteiger partial charge in [-0.15, -0.1) is 0 Å². The van der Waals surface area contributed by atoms with Crippen molar-refractivity contribution in [1.29, 1.82) is 0 Å². The van der Waals surface area contributed by atoms with E-state index in [1.165, 1.54) is 12.8 Å². The third-order valence-electron chi connectivity index (χ3n) is 2.52. The molecule has 3 unspecified atom stereocenters. The maximum atomic E-state index is 4.56. The molecule has 0 aliphatic heterocycles. The van der Waals surface area contributed by atoms with Crippen LogP contribution in [0.25, 0.3) is 0 Å². The normalized spacial score (nSPS) is 18.7. The Morgan fingerprint density at radius 3 is 1.85 bits per heavy atom. The largest absolute Gasteiger partial charge is 0.179 e. The molecule has 0 N–H and O–H groups in total. The Kier molecular flexibility index (Phi) is 7.95. The van der Waals surface area contributed by atoms with Crippen molar-refractivity contribution in [2.24, 2.45) is 11.8 Å². The molecule has 0 nitrogen and oxygen atoms in total. The third kappa shape index (κ3) is 6.19. The summed E-state index contributed by atoms with van der Waals surface area (Å²) in [6.45, 7) is 6.59. The maximum Gasteiger partial charge on any atom is 0.00399 e. The number of hydrogen-bond donors (Lipinski definition) is 3. The quantitative estimate of drug-likeness (QED) is 0.579. The predicted octanol–water partition coefficient (Wildman–Crippen LogP) is 3.59. The molecule has 0 fully saturated rings. The summed E-state index contributed by atoms with van der Waals surface area (Å²) in [4.78, 5) is 0. The van der Waals surface area contributed by atoms with E-state index in [-0.39, 0.29) is 0 Å². The van der Waals surface area contributed by atoms with Gasteiger partial charge < -0.3 is 0 Å². The first-order valence-electron chi connectivity index (χ1n) is 4.96. The van der Waals surface area contributed by atoms with Crippen LogP contribution in [-0.4, -0.2) is 16.3 Å². The monoisotopic (exact) mass is 238 g/mol. The van der Waals surface area contributed by atoms with E-state index in [4.69, 9.17) is 0 Å². The van der Waals surface area contributed by atoms with Crippen LogP contribution >= 0.6 is 37.9 Å². The van der Waals surface area contributed by atoms with Crippen LogP contribution in [0.2, 0.25) is 0 Å². The van der Waals surface area contributed by atoms with Crippen LogP contribution in [0.4, 0.5) is 0 Å². The Bertz CT molecular complexity index is 123. The molecule has 0 saturated heterocycles. The van der Waals surface area contributed by atoms with Gasteiger partial charge in [-0.1, -0.05) is 20.8 Å². The van der Waals surface area contributed by atoms with Crippen molar-refractivity contribution >= 4 is 37.9 Å². The van der Waals surface area contributed by atoms with Crippen molar-refractivity contribution in [2.45, 2.75) is 44.1 Å². The van der Waals surface area contributed by atoms with Crippen LogP contribution in [0.1, 0.15) is 33.6 Å². The molecule has 13 heavy (non-hydrogen) atoms. The van der Waals surface area contributed by atoms with Crippen molar-refractivity contribution in [1.82, 2.24) is 0 Å². The van der Waals surface area contributed by atoms with Crippen molar-refractivity contribution in [2.75, 3.05) is 5.75 Å². The highest BCUT2D eigenvalue weighted by Crippen LogP contribution is 2.22. The molecular weight excluding hydrogens is 216 g/mol. The molecule has 0 radical (unpaired) electrons. The fraction of sp³-hybridized carbons (Fsp3) is 1.00. The topological polar surface area (TPSA) is 0 Å². The molecule has 0 aliphatic carbocycles. The van der Waals surface area contributed by atoms with E-state index in [1.54, 1.807) is 0 Å². The molecule has 0 saturated carbocycles. The van der Waals surface area contributed by atoms with Gasteiger partial charge in [0.2, 0.25) is 0 Å². The lowest BCUT2D eigenvalue weighted by Crippen LogP contribution is -2.17. The highest BCUT2D eigenvalue weighted by Gasteiger charge is 2.15. The third-order valence-corrected chi connectivity index (χ3v) is 4.26. The summed E-state index contributed by atoms with van der Waals surface area (Å²) in [6, 6.07) is 0. The lowest BCUT2D eigenvalue weighted by molar-refractivity contribution is 0.473. The Morgan fingerprint density at radius 1 is 1.00 bits per heavy atom. The van der Waals surface area contributed by atoms with Crippen molar-refractivity contribution in [3.63, 3.8) is 0 Å². The Hall–Kier alpha value is 1.05. The number of hydrogen-bond acceptors (Lipinski definition) is 3. The Balaban J connectivity index is 3.72. The van der Waals surface area contributed by atoms with Crippen LogP contribution in [-0.2, 0) is 0 Å². The number of rotatable bonds is 6. The first-order valence-corrected chi connectivity index (χ1v) is 6.62. The average molecular weight is 238 g/mol. The van der Waals surface area contributed by atoms with Gasteiger partial charge in [0.05, 0.1) is 0 Å². The molecule has 3 heteroatoms. The second-order valence-corrected chi connectivity index (χ2v) is 5.91. The van der Waals surface area contributed by atoms with Crippen LogP contribution in [0.15, 0.2) is 0 Å². The lowest BCUT2D eigenvalue weighted by atomic mass is 9.97. The average Bonchev–Trinajstić information content (AvgIpc) is 2.04. The van der Waals surface area contributed by atoms with Gasteiger partial charge in [0, 0.05) is 10.5 Å². The fourth-order valence-electron chi connectivity index (χ4n) is 1.20. The smallest absolute Gasteiger partial charge is 0.00399 e. The molecule has 0 rings (SSSR count). The summed E-state index contributed by atoms with van der Waals surface area (Å²) in [5.41, 5.74) is 0. The van der Waals surface area contributed by atoms with Gasteiger partial charge >= 0.3 is 0 Å². The predicted molar refractivity (Wildman–Crippen MR) is 72.6 cm³/mol. The standard InChI is InChI=1S/C10H22S3/c1-7(2)10(13)5-4-9(6-11)8(3)12/h7-13H,4-6H2,1-3H3. The van der Waals surface area contributed by atoms with Gasteiger partial charge in [-0.05, 0) is 30.4 Å². The molecule has 0 aliphatic rings. The highest BCUT2D eigenvalue weighted by atomic mass is 32.1. The Morgan fingerprint density at radius 2 is 1.54 bits per heavy atom. The van der Waals surface area contributed by atoms with E-state index in [9.17, 15) is 0 Å². The summed E-state index contributed by atoms with van der Waals surface area (Å²) in [5, 5.41) is 0.972. The first-order chi connectivity index (χ1) is 5.99. The molecule has 3 atom stereocenters. The van der Waals surface area contributed by atoms with Gasteiger partial charge in [-0.25, -0.2) is 0 Å². The van der Waals surface area contributed by atoms with Crippen LogP contribution in [0.5, 0.6) is 0 Å². The van der Waals surface area contributed by atoms with E-state index in [2.05, 4.69) is 58.7 Å². The van der Waals surface area contributed by atoms with Gasteiger partial charge in [0.15, 0.2) is 0 Å². The van der Waals surface area contributed by atoms with E-state index >= 15 is 0 Å². The van der Waals surface area contributed by atoms with E-state index < -0.39 is 0 Å². The maximum absolute atomic E-state index is 4.56. The lowest BCUT2D eigenvalue weighted by Gasteiger charge is -2.21. The summed E-state index contributed by atoms with van der Waals surface area (Å²) >= 11 is 13.3. The highest BCUT2D eigenvalue weighted by molar-refractivity contribution is 7.81.